The minimum absolute atomic E-state index is 0.980. The predicted molar refractivity (Wildman–Crippen MR) is 116 cm³/mol. The zero-order valence-corrected chi connectivity index (χ0v) is 17.7. The van der Waals surface area contributed by atoms with Crippen LogP contribution in [-0.4, -0.2) is 28.0 Å². The summed E-state index contributed by atoms with van der Waals surface area (Å²) in [5, 5.41) is 1.32. The molecule has 3 aromatic rings. The van der Waals surface area contributed by atoms with Gasteiger partial charge in [0.2, 0.25) is 0 Å². The number of anilines is 1. The maximum absolute atomic E-state index is 5.14. The van der Waals surface area contributed by atoms with E-state index in [4.69, 9.17) is 9.97 Å². The van der Waals surface area contributed by atoms with Crippen molar-refractivity contribution >= 4 is 37.6 Å². The van der Waals surface area contributed by atoms with Crippen molar-refractivity contribution < 1.29 is 0 Å². The molecule has 0 fully saturated rings. The minimum atomic E-state index is 0.980. The molecule has 3 aromatic heterocycles. The first-order valence-electron chi connectivity index (χ1n) is 10.6. The quantitative estimate of drug-likeness (QED) is 0.501. The third-order valence-corrected chi connectivity index (χ3v) is 6.84. The summed E-state index contributed by atoms with van der Waals surface area (Å²) in [6.07, 6.45) is 11.3. The van der Waals surface area contributed by atoms with Crippen molar-refractivity contribution in [1.29, 1.82) is 0 Å². The van der Waals surface area contributed by atoms with E-state index in [1.54, 1.807) is 17.7 Å². The lowest BCUT2D eigenvalue weighted by molar-refractivity contribution is 0.726. The summed E-state index contributed by atoms with van der Waals surface area (Å²) >= 11 is 1.80. The topological polar surface area (TPSA) is 41.9 Å². The number of fused-ring (bicyclic) bond motifs is 5. The molecule has 0 saturated carbocycles. The fraction of sp³-hybridized carbons (Fsp3) is 0.591. The van der Waals surface area contributed by atoms with E-state index in [1.165, 1.54) is 76.7 Å². The van der Waals surface area contributed by atoms with Crippen LogP contribution in [0.15, 0.2) is 6.33 Å². The van der Waals surface area contributed by atoms with Crippen molar-refractivity contribution in [3.05, 3.63) is 23.1 Å². The lowest BCUT2D eigenvalue weighted by Crippen LogP contribution is -2.24. The standard InChI is InChI=1S/C22H30N4S/c1-4-7-12-17-15-10-9-11-16(15)18-19-20(27-22(18)25-17)21(24-14-23-19)26(6-3)13-8-5-2/h14H,4-13H2,1-3H3. The zero-order chi connectivity index (χ0) is 18.8. The lowest BCUT2D eigenvalue weighted by Gasteiger charge is -2.21. The summed E-state index contributed by atoms with van der Waals surface area (Å²) in [6, 6.07) is 0. The zero-order valence-electron chi connectivity index (χ0n) is 16.8. The number of rotatable bonds is 8. The average molecular weight is 383 g/mol. The Morgan fingerprint density at radius 3 is 2.63 bits per heavy atom. The van der Waals surface area contributed by atoms with Crippen LogP contribution in [0.25, 0.3) is 20.4 Å². The molecular weight excluding hydrogens is 352 g/mol. The van der Waals surface area contributed by atoms with Crippen LogP contribution in [-0.2, 0) is 19.3 Å². The SMILES string of the molecule is CCCCc1nc2sc3c(N(CC)CCCC)ncnc3c2c2c1CCC2. The van der Waals surface area contributed by atoms with Crippen molar-refractivity contribution in [3.8, 4) is 0 Å². The van der Waals surface area contributed by atoms with E-state index in [0.29, 0.717) is 0 Å². The van der Waals surface area contributed by atoms with E-state index in [2.05, 4.69) is 30.7 Å². The van der Waals surface area contributed by atoms with Gasteiger partial charge in [-0.05, 0) is 56.6 Å². The maximum atomic E-state index is 5.14. The Morgan fingerprint density at radius 1 is 1.04 bits per heavy atom. The van der Waals surface area contributed by atoms with E-state index < -0.39 is 0 Å². The largest absolute Gasteiger partial charge is 0.356 e. The minimum Gasteiger partial charge on any atom is -0.356 e. The van der Waals surface area contributed by atoms with Crippen molar-refractivity contribution in [1.82, 2.24) is 15.0 Å². The number of hydrogen-bond acceptors (Lipinski definition) is 5. The number of unbranched alkanes of at least 4 members (excludes halogenated alkanes) is 2. The molecule has 0 radical (unpaired) electrons. The van der Waals surface area contributed by atoms with Gasteiger partial charge in [-0.3, -0.25) is 0 Å². The third-order valence-electron chi connectivity index (χ3n) is 5.77. The number of aryl methyl sites for hydroxylation is 2. The Balaban J connectivity index is 1.89. The summed E-state index contributed by atoms with van der Waals surface area (Å²) in [6.45, 7) is 8.76. The van der Waals surface area contributed by atoms with Gasteiger partial charge in [-0.1, -0.05) is 26.7 Å². The number of pyridine rings is 1. The van der Waals surface area contributed by atoms with Crippen LogP contribution in [0.4, 0.5) is 5.82 Å². The monoisotopic (exact) mass is 382 g/mol. The van der Waals surface area contributed by atoms with Crippen LogP contribution in [0, 0.1) is 0 Å². The van der Waals surface area contributed by atoms with Gasteiger partial charge in [0.1, 0.15) is 17.0 Å². The van der Waals surface area contributed by atoms with Gasteiger partial charge in [-0.15, -0.1) is 11.3 Å². The van der Waals surface area contributed by atoms with Gasteiger partial charge in [0.05, 0.1) is 10.2 Å². The highest BCUT2D eigenvalue weighted by Crippen LogP contribution is 2.42. The van der Waals surface area contributed by atoms with E-state index in [9.17, 15) is 0 Å². The predicted octanol–water partition coefficient (Wildman–Crippen LogP) is 5.70. The van der Waals surface area contributed by atoms with Crippen LogP contribution in [0.5, 0.6) is 0 Å². The maximum Gasteiger partial charge on any atom is 0.150 e. The Bertz CT molecular complexity index is 947. The summed E-state index contributed by atoms with van der Waals surface area (Å²) in [7, 11) is 0. The van der Waals surface area contributed by atoms with Crippen LogP contribution in [0.2, 0.25) is 0 Å². The first-order valence-corrected chi connectivity index (χ1v) is 11.4. The van der Waals surface area contributed by atoms with Crippen molar-refractivity contribution in [2.45, 2.75) is 72.1 Å². The molecule has 5 heteroatoms. The van der Waals surface area contributed by atoms with Crippen molar-refractivity contribution in [3.63, 3.8) is 0 Å². The second-order valence-electron chi connectivity index (χ2n) is 7.56. The molecule has 0 aliphatic heterocycles. The Morgan fingerprint density at radius 2 is 1.85 bits per heavy atom. The number of thiophene rings is 1. The number of nitrogens with zero attached hydrogens (tertiary/aromatic N) is 4. The second-order valence-corrected chi connectivity index (χ2v) is 8.56. The molecule has 1 aliphatic carbocycles. The molecular formula is C22H30N4S. The van der Waals surface area contributed by atoms with Gasteiger partial charge in [0, 0.05) is 24.2 Å². The van der Waals surface area contributed by atoms with E-state index in [1.807, 2.05) is 0 Å². The van der Waals surface area contributed by atoms with Crippen LogP contribution in [0.1, 0.15) is 69.7 Å². The normalized spacial score (nSPS) is 13.6. The molecule has 3 heterocycles. The number of hydrogen-bond donors (Lipinski definition) is 0. The fourth-order valence-electron chi connectivity index (χ4n) is 4.30. The van der Waals surface area contributed by atoms with Gasteiger partial charge >= 0.3 is 0 Å². The van der Waals surface area contributed by atoms with E-state index in [-0.39, 0.29) is 0 Å². The molecule has 1 aliphatic rings. The summed E-state index contributed by atoms with van der Waals surface area (Å²) in [4.78, 5) is 18.1. The average Bonchev–Trinajstić information content (AvgIpc) is 3.31. The van der Waals surface area contributed by atoms with Gasteiger partial charge in [0.25, 0.3) is 0 Å². The van der Waals surface area contributed by atoms with Gasteiger partial charge in [0.15, 0.2) is 0 Å². The molecule has 144 valence electrons. The number of aromatic nitrogens is 3. The summed E-state index contributed by atoms with van der Waals surface area (Å²) in [5.41, 5.74) is 5.52. The smallest absolute Gasteiger partial charge is 0.150 e. The summed E-state index contributed by atoms with van der Waals surface area (Å²) in [5.74, 6) is 1.10. The Kier molecular flexibility index (Phi) is 5.58. The van der Waals surface area contributed by atoms with Crippen molar-refractivity contribution in [2.75, 3.05) is 18.0 Å². The molecule has 0 N–H and O–H groups in total. The molecule has 0 aromatic carbocycles. The molecule has 0 amide bonds. The molecule has 0 saturated heterocycles. The third kappa shape index (κ3) is 3.31. The molecule has 0 bridgehead atoms. The van der Waals surface area contributed by atoms with Crippen molar-refractivity contribution in [2.24, 2.45) is 0 Å². The lowest BCUT2D eigenvalue weighted by atomic mass is 10.0. The Labute approximate surface area is 166 Å². The molecule has 0 atom stereocenters. The first-order chi connectivity index (χ1) is 13.3. The fourth-order valence-corrected chi connectivity index (χ4v) is 5.50. The first kappa shape index (κ1) is 18.6. The summed E-state index contributed by atoms with van der Waals surface area (Å²) < 4.78 is 1.22. The highest BCUT2D eigenvalue weighted by Gasteiger charge is 2.24. The second kappa shape index (κ2) is 8.09. The molecule has 4 nitrogen and oxygen atoms in total. The highest BCUT2D eigenvalue weighted by molar-refractivity contribution is 7.26. The van der Waals surface area contributed by atoms with E-state index >= 15 is 0 Å². The van der Waals surface area contributed by atoms with E-state index in [0.717, 1.165) is 30.8 Å². The highest BCUT2D eigenvalue weighted by atomic mass is 32.1. The van der Waals surface area contributed by atoms with Gasteiger partial charge in [-0.2, -0.15) is 0 Å². The van der Waals surface area contributed by atoms with Gasteiger partial charge in [-0.25, -0.2) is 15.0 Å². The molecule has 27 heavy (non-hydrogen) atoms. The van der Waals surface area contributed by atoms with Gasteiger partial charge < -0.3 is 4.90 Å². The molecule has 0 unspecified atom stereocenters. The molecule has 0 spiro atoms. The van der Waals surface area contributed by atoms with Crippen LogP contribution in [0.3, 0.4) is 0 Å². The van der Waals surface area contributed by atoms with Crippen LogP contribution < -0.4 is 4.90 Å². The van der Waals surface area contributed by atoms with Crippen LogP contribution >= 0.6 is 11.3 Å². The Hall–Kier alpha value is -1.75. The molecule has 4 rings (SSSR count).